The molecule has 5 aromatic rings. The number of nitrogens with one attached hydrogen (secondary N) is 1. The molecule has 1 N–H and O–H groups in total. The molecule has 0 saturated carbocycles. The lowest BCUT2D eigenvalue weighted by molar-refractivity contribution is -0.384. The Hall–Kier alpha value is -4.92. The van der Waals surface area contributed by atoms with Gasteiger partial charge in [0.05, 0.1) is 27.0 Å². The third-order valence-electron chi connectivity index (χ3n) is 5.45. The topological polar surface area (TPSA) is 122 Å². The summed E-state index contributed by atoms with van der Waals surface area (Å²) >= 11 is 0. The first-order chi connectivity index (χ1) is 16.4. The molecular weight excluding hydrogens is 434 g/mol. The third kappa shape index (κ3) is 3.55. The zero-order chi connectivity index (χ0) is 23.8. The Balaban J connectivity index is 1.71. The van der Waals surface area contributed by atoms with Gasteiger partial charge >= 0.3 is 0 Å². The van der Waals surface area contributed by atoms with Gasteiger partial charge in [0.2, 0.25) is 0 Å². The fourth-order valence-corrected chi connectivity index (χ4v) is 3.86. The third-order valence-corrected chi connectivity index (χ3v) is 5.45. The van der Waals surface area contributed by atoms with Crippen molar-refractivity contribution in [1.29, 1.82) is 0 Å². The minimum absolute atomic E-state index is 0.136. The molecule has 0 saturated heterocycles. The van der Waals surface area contributed by atoms with Gasteiger partial charge in [0.15, 0.2) is 5.78 Å². The van der Waals surface area contributed by atoms with E-state index in [0.717, 1.165) is 0 Å². The van der Waals surface area contributed by atoms with E-state index in [-0.39, 0.29) is 22.7 Å². The number of benzene rings is 3. The number of H-pyrrole nitrogens is 1. The Bertz CT molecular complexity index is 1730. The van der Waals surface area contributed by atoms with Crippen molar-refractivity contribution in [2.45, 2.75) is 6.92 Å². The van der Waals surface area contributed by atoms with Gasteiger partial charge in [0.25, 0.3) is 11.2 Å². The maximum Gasteiger partial charge on any atom is 0.270 e. The summed E-state index contributed by atoms with van der Waals surface area (Å²) in [6.45, 7) is 1.63. The monoisotopic (exact) mass is 451 g/mol. The molecule has 9 nitrogen and oxygen atoms in total. The van der Waals surface area contributed by atoms with Crippen LogP contribution in [-0.4, -0.2) is 20.1 Å². The number of non-ortho nitro benzene ring substituents is 1. The molecule has 34 heavy (non-hydrogen) atoms. The van der Waals surface area contributed by atoms with Gasteiger partial charge in [-0.05, 0) is 25.1 Å². The van der Waals surface area contributed by atoms with E-state index in [1.165, 1.54) is 28.7 Å². The molecule has 0 radical (unpaired) electrons. The number of nitro groups is 1. The van der Waals surface area contributed by atoms with Crippen LogP contribution in [0.2, 0.25) is 0 Å². The van der Waals surface area contributed by atoms with Crippen molar-refractivity contribution in [2.24, 2.45) is 10.2 Å². The molecule has 0 unspecified atom stereocenters. The molecule has 2 aromatic heterocycles. The molecule has 0 fully saturated rings. The van der Waals surface area contributed by atoms with Gasteiger partial charge < -0.3 is 4.98 Å². The number of hydrogen-bond donors (Lipinski definition) is 1. The molecule has 0 bridgehead atoms. The summed E-state index contributed by atoms with van der Waals surface area (Å²) < 4.78 is 1.43. The fraction of sp³-hybridized carbons (Fsp3) is 0.0400. The second kappa shape index (κ2) is 8.21. The average Bonchev–Trinajstić information content (AvgIpc) is 3.16. The van der Waals surface area contributed by atoms with Gasteiger partial charge in [-0.2, -0.15) is 5.11 Å². The summed E-state index contributed by atoms with van der Waals surface area (Å²) in [5.41, 5.74) is 2.12. The van der Waals surface area contributed by atoms with E-state index in [0.29, 0.717) is 38.7 Å². The highest BCUT2D eigenvalue weighted by atomic mass is 16.6. The number of ketones is 1. The van der Waals surface area contributed by atoms with Crippen LogP contribution >= 0.6 is 0 Å². The molecule has 5 rings (SSSR count). The van der Waals surface area contributed by atoms with Crippen molar-refractivity contribution >= 4 is 44.6 Å². The molecule has 0 amide bonds. The summed E-state index contributed by atoms with van der Waals surface area (Å²) in [6.07, 6.45) is 1.36. The summed E-state index contributed by atoms with van der Waals surface area (Å²) in [4.78, 5) is 39.8. The number of nitro benzene ring substituents is 1. The minimum Gasteiger partial charge on any atom is -0.339 e. The van der Waals surface area contributed by atoms with Gasteiger partial charge in [-0.3, -0.25) is 24.1 Å². The van der Waals surface area contributed by atoms with E-state index in [2.05, 4.69) is 15.2 Å². The average molecular weight is 451 g/mol. The lowest BCUT2D eigenvalue weighted by Crippen LogP contribution is -2.13. The highest BCUT2D eigenvalue weighted by Gasteiger charge is 2.19. The number of aromatic nitrogens is 2. The molecule has 3 aromatic carbocycles. The SMILES string of the molecule is C/C(=C/C(=O)c1ccccc1)N=Nc1c2cc([N+](=O)[O-])ccc2n2c(=O)c3ccccc3[nH]c12. The number of para-hydroxylation sites is 1. The highest BCUT2D eigenvalue weighted by Crippen LogP contribution is 2.35. The van der Waals surface area contributed by atoms with Gasteiger partial charge in [0.1, 0.15) is 11.3 Å². The Labute approximate surface area is 191 Å². The van der Waals surface area contributed by atoms with Gasteiger partial charge in [-0.1, -0.05) is 42.5 Å². The van der Waals surface area contributed by atoms with Gasteiger partial charge in [-0.15, -0.1) is 5.11 Å². The Morgan fingerprint density at radius 3 is 2.53 bits per heavy atom. The number of carbonyl (C=O) groups is 1. The second-order valence-corrected chi connectivity index (χ2v) is 7.68. The van der Waals surface area contributed by atoms with E-state index < -0.39 is 4.92 Å². The van der Waals surface area contributed by atoms with Crippen LogP contribution in [0.3, 0.4) is 0 Å². The van der Waals surface area contributed by atoms with E-state index in [1.54, 1.807) is 55.5 Å². The Morgan fingerprint density at radius 2 is 1.76 bits per heavy atom. The van der Waals surface area contributed by atoms with Gasteiger partial charge in [0, 0.05) is 29.2 Å². The standard InChI is InChI=1S/C25H17N5O4/c1-15(13-22(31)16-7-3-2-4-8-16)27-28-23-19-14-17(30(33)34)11-12-21(19)29-24(23)26-20-10-6-5-9-18(20)25(29)32/h2-14,26H,1H3/b15-13-,28-27?. The van der Waals surface area contributed by atoms with Crippen LogP contribution in [0, 0.1) is 10.1 Å². The molecule has 0 aliphatic carbocycles. The summed E-state index contributed by atoms with van der Waals surface area (Å²) in [5, 5.41) is 20.7. The van der Waals surface area contributed by atoms with Crippen molar-refractivity contribution in [2.75, 3.05) is 0 Å². The number of fused-ring (bicyclic) bond motifs is 4. The molecule has 2 heterocycles. The number of carbonyl (C=O) groups excluding carboxylic acids is 1. The van der Waals surface area contributed by atoms with Crippen LogP contribution in [-0.2, 0) is 0 Å². The van der Waals surface area contributed by atoms with E-state index in [4.69, 9.17) is 0 Å². The first kappa shape index (κ1) is 21.0. The number of azo groups is 1. The molecular formula is C25H17N5O4. The maximum atomic E-state index is 13.3. The van der Waals surface area contributed by atoms with E-state index >= 15 is 0 Å². The molecule has 0 aliphatic rings. The van der Waals surface area contributed by atoms with Crippen molar-refractivity contribution in [3.63, 3.8) is 0 Å². The van der Waals surface area contributed by atoms with Crippen molar-refractivity contribution in [3.8, 4) is 0 Å². The van der Waals surface area contributed by atoms with Crippen LogP contribution in [0.25, 0.3) is 27.5 Å². The molecule has 0 atom stereocenters. The van der Waals surface area contributed by atoms with E-state index in [9.17, 15) is 19.7 Å². The first-order valence-corrected chi connectivity index (χ1v) is 10.4. The number of aromatic amines is 1. The molecule has 9 heteroatoms. The minimum atomic E-state index is -0.509. The first-order valence-electron chi connectivity index (χ1n) is 10.4. The quantitative estimate of drug-likeness (QED) is 0.121. The number of rotatable bonds is 5. The predicted octanol–water partition coefficient (Wildman–Crippen LogP) is 5.71. The van der Waals surface area contributed by atoms with Crippen molar-refractivity contribution < 1.29 is 9.72 Å². The fourth-order valence-electron chi connectivity index (χ4n) is 3.86. The van der Waals surface area contributed by atoms with Crippen LogP contribution in [0.4, 0.5) is 11.4 Å². The normalized spacial score (nSPS) is 12.2. The number of allylic oxidation sites excluding steroid dienone is 2. The van der Waals surface area contributed by atoms with E-state index in [1.807, 2.05) is 6.07 Å². The van der Waals surface area contributed by atoms with Crippen LogP contribution in [0.1, 0.15) is 17.3 Å². The molecule has 0 aliphatic heterocycles. The summed E-state index contributed by atoms with van der Waals surface area (Å²) in [6, 6.07) is 20.0. The predicted molar refractivity (Wildman–Crippen MR) is 129 cm³/mol. The lowest BCUT2D eigenvalue weighted by Gasteiger charge is -2.01. The lowest BCUT2D eigenvalue weighted by atomic mass is 10.1. The Kier molecular flexibility index (Phi) is 5.06. The zero-order valence-electron chi connectivity index (χ0n) is 17.9. The van der Waals surface area contributed by atoms with Crippen molar-refractivity contribution in [3.05, 3.63) is 111 Å². The highest BCUT2D eigenvalue weighted by molar-refractivity contribution is 6.05. The number of hydrogen-bond acceptors (Lipinski definition) is 6. The van der Waals surface area contributed by atoms with Crippen LogP contribution in [0.15, 0.2) is 99.6 Å². The smallest absolute Gasteiger partial charge is 0.270 e. The van der Waals surface area contributed by atoms with Crippen molar-refractivity contribution in [1.82, 2.24) is 9.38 Å². The van der Waals surface area contributed by atoms with Gasteiger partial charge in [-0.25, -0.2) is 0 Å². The largest absolute Gasteiger partial charge is 0.339 e. The summed E-state index contributed by atoms with van der Waals surface area (Å²) in [7, 11) is 0. The van der Waals surface area contributed by atoms with Crippen LogP contribution in [0.5, 0.6) is 0 Å². The molecule has 166 valence electrons. The maximum absolute atomic E-state index is 13.3. The summed E-state index contributed by atoms with van der Waals surface area (Å²) in [5.74, 6) is -0.223. The second-order valence-electron chi connectivity index (χ2n) is 7.68. The zero-order valence-corrected chi connectivity index (χ0v) is 17.9. The number of nitrogens with zero attached hydrogens (tertiary/aromatic N) is 4. The Morgan fingerprint density at radius 1 is 1.03 bits per heavy atom. The molecule has 0 spiro atoms. The van der Waals surface area contributed by atoms with Crippen LogP contribution < -0.4 is 5.56 Å².